The van der Waals surface area contributed by atoms with E-state index >= 15 is 0 Å². The Hall–Kier alpha value is -1.55. The summed E-state index contributed by atoms with van der Waals surface area (Å²) in [6.07, 6.45) is 2.25. The van der Waals surface area contributed by atoms with Crippen LogP contribution in [-0.4, -0.2) is 31.8 Å². The van der Waals surface area contributed by atoms with Crippen LogP contribution in [0.5, 0.6) is 0 Å². The number of guanidine groups is 1. The smallest absolute Gasteiger partial charge is 0.191 e. The molecular weight excluding hydrogens is 250 g/mol. The third-order valence-corrected chi connectivity index (χ3v) is 3.86. The summed E-state index contributed by atoms with van der Waals surface area (Å²) >= 11 is 0. The lowest BCUT2D eigenvalue weighted by Gasteiger charge is -2.24. The van der Waals surface area contributed by atoms with Crippen LogP contribution in [0.15, 0.2) is 29.3 Å². The van der Waals surface area contributed by atoms with Gasteiger partial charge in [0.05, 0.1) is 5.60 Å². The Labute approximate surface area is 121 Å². The maximum atomic E-state index is 5.77. The second kappa shape index (κ2) is 6.75. The van der Waals surface area contributed by atoms with E-state index in [0.717, 1.165) is 38.5 Å². The standard InChI is InChI=1S/C16H25N3O/c1-13-7-4-5-8-14(13)11-18-15(17-3)19-12-16(2)9-6-10-20-16/h4-5,7-8H,6,9-12H2,1-3H3,(H2,17,18,19). The van der Waals surface area contributed by atoms with E-state index in [4.69, 9.17) is 4.74 Å². The molecule has 1 aliphatic heterocycles. The fraction of sp³-hybridized carbons (Fsp3) is 0.562. The van der Waals surface area contributed by atoms with Crippen LogP contribution in [0.25, 0.3) is 0 Å². The van der Waals surface area contributed by atoms with E-state index in [1.165, 1.54) is 11.1 Å². The predicted octanol–water partition coefficient (Wildman–Crippen LogP) is 2.23. The van der Waals surface area contributed by atoms with E-state index in [0.29, 0.717) is 0 Å². The lowest BCUT2D eigenvalue weighted by Crippen LogP contribution is -2.45. The van der Waals surface area contributed by atoms with Crippen molar-refractivity contribution in [3.05, 3.63) is 35.4 Å². The zero-order chi connectivity index (χ0) is 14.4. The third kappa shape index (κ3) is 3.97. The molecule has 0 aliphatic carbocycles. The Morgan fingerprint density at radius 2 is 2.15 bits per heavy atom. The largest absolute Gasteiger partial charge is 0.373 e. The van der Waals surface area contributed by atoms with Gasteiger partial charge in [-0.1, -0.05) is 24.3 Å². The Balaban J connectivity index is 1.82. The number of hydrogen-bond donors (Lipinski definition) is 2. The Morgan fingerprint density at radius 1 is 1.35 bits per heavy atom. The minimum atomic E-state index is -0.0553. The van der Waals surface area contributed by atoms with Gasteiger partial charge in [-0.3, -0.25) is 4.99 Å². The summed E-state index contributed by atoms with van der Waals surface area (Å²) in [5.74, 6) is 0.824. The van der Waals surface area contributed by atoms with Crippen molar-refractivity contribution >= 4 is 5.96 Å². The second-order valence-corrected chi connectivity index (χ2v) is 5.61. The minimum absolute atomic E-state index is 0.0553. The van der Waals surface area contributed by atoms with E-state index in [-0.39, 0.29) is 5.60 Å². The molecule has 1 unspecified atom stereocenters. The molecule has 20 heavy (non-hydrogen) atoms. The molecule has 1 aliphatic rings. The average Bonchev–Trinajstić information content (AvgIpc) is 2.88. The topological polar surface area (TPSA) is 45.7 Å². The van der Waals surface area contributed by atoms with E-state index in [1.54, 1.807) is 7.05 Å². The summed E-state index contributed by atoms with van der Waals surface area (Å²) in [4.78, 5) is 4.26. The molecule has 1 aromatic rings. The minimum Gasteiger partial charge on any atom is -0.373 e. The number of aryl methyl sites for hydroxylation is 1. The first-order valence-electron chi connectivity index (χ1n) is 7.26. The monoisotopic (exact) mass is 275 g/mol. The molecule has 0 radical (unpaired) electrons. The van der Waals surface area contributed by atoms with Crippen LogP contribution in [0.3, 0.4) is 0 Å². The molecule has 0 spiro atoms. The predicted molar refractivity (Wildman–Crippen MR) is 83.0 cm³/mol. The maximum Gasteiger partial charge on any atom is 0.191 e. The SMILES string of the molecule is CN=C(NCc1ccccc1C)NCC1(C)CCCO1. The number of nitrogens with one attached hydrogen (secondary N) is 2. The Bertz CT molecular complexity index is 465. The lowest BCUT2D eigenvalue weighted by atomic mass is 10.0. The first-order chi connectivity index (χ1) is 9.63. The van der Waals surface area contributed by atoms with Crippen molar-refractivity contribution in [3.63, 3.8) is 0 Å². The highest BCUT2D eigenvalue weighted by atomic mass is 16.5. The second-order valence-electron chi connectivity index (χ2n) is 5.61. The fourth-order valence-electron chi connectivity index (χ4n) is 2.45. The van der Waals surface area contributed by atoms with Crippen LogP contribution in [0.1, 0.15) is 30.9 Å². The number of rotatable bonds is 4. The molecule has 1 saturated heterocycles. The van der Waals surface area contributed by atoms with Crippen LogP contribution in [0.2, 0.25) is 0 Å². The summed E-state index contributed by atoms with van der Waals surface area (Å²) in [5, 5.41) is 6.71. The van der Waals surface area contributed by atoms with Gasteiger partial charge in [0.1, 0.15) is 0 Å². The van der Waals surface area contributed by atoms with Crippen LogP contribution in [0.4, 0.5) is 0 Å². The van der Waals surface area contributed by atoms with Gasteiger partial charge in [-0.25, -0.2) is 0 Å². The number of ether oxygens (including phenoxy) is 1. The highest BCUT2D eigenvalue weighted by Gasteiger charge is 2.29. The molecule has 0 saturated carbocycles. The summed E-state index contributed by atoms with van der Waals surface area (Å²) in [5.41, 5.74) is 2.53. The quantitative estimate of drug-likeness (QED) is 0.654. The van der Waals surface area contributed by atoms with Gasteiger partial charge in [-0.05, 0) is 37.8 Å². The van der Waals surface area contributed by atoms with Crippen LogP contribution in [0, 0.1) is 6.92 Å². The molecule has 0 bridgehead atoms. The highest BCUT2D eigenvalue weighted by molar-refractivity contribution is 5.79. The fourth-order valence-corrected chi connectivity index (χ4v) is 2.45. The first-order valence-corrected chi connectivity index (χ1v) is 7.26. The zero-order valence-electron chi connectivity index (χ0n) is 12.7. The number of nitrogens with zero attached hydrogens (tertiary/aromatic N) is 1. The van der Waals surface area contributed by atoms with Gasteiger partial charge in [-0.15, -0.1) is 0 Å². The van der Waals surface area contributed by atoms with Crippen LogP contribution < -0.4 is 10.6 Å². The molecule has 1 heterocycles. The molecule has 4 nitrogen and oxygen atoms in total. The van der Waals surface area contributed by atoms with Crippen molar-refractivity contribution in [2.75, 3.05) is 20.2 Å². The van der Waals surface area contributed by atoms with Crippen molar-refractivity contribution in [3.8, 4) is 0 Å². The van der Waals surface area contributed by atoms with Gasteiger partial charge in [0.25, 0.3) is 0 Å². The normalized spacial score (nSPS) is 22.9. The van der Waals surface area contributed by atoms with Gasteiger partial charge in [-0.2, -0.15) is 0 Å². The van der Waals surface area contributed by atoms with E-state index < -0.39 is 0 Å². The van der Waals surface area contributed by atoms with Gasteiger partial charge in [0.15, 0.2) is 5.96 Å². The Morgan fingerprint density at radius 3 is 2.80 bits per heavy atom. The van der Waals surface area contributed by atoms with E-state index in [9.17, 15) is 0 Å². The van der Waals surface area contributed by atoms with E-state index in [2.05, 4.69) is 53.7 Å². The third-order valence-electron chi connectivity index (χ3n) is 3.86. The Kier molecular flexibility index (Phi) is 5.01. The van der Waals surface area contributed by atoms with Crippen molar-refractivity contribution in [2.45, 2.75) is 38.8 Å². The number of hydrogen-bond acceptors (Lipinski definition) is 2. The molecule has 2 N–H and O–H groups in total. The van der Waals surface area contributed by atoms with E-state index in [1.807, 2.05) is 0 Å². The molecule has 2 rings (SSSR count). The summed E-state index contributed by atoms with van der Waals surface area (Å²) < 4.78 is 5.77. The van der Waals surface area contributed by atoms with Gasteiger partial charge in [0, 0.05) is 26.7 Å². The first kappa shape index (κ1) is 14.9. The van der Waals surface area contributed by atoms with Gasteiger partial charge in [0.2, 0.25) is 0 Å². The zero-order valence-corrected chi connectivity index (χ0v) is 12.7. The van der Waals surface area contributed by atoms with Crippen LogP contribution in [-0.2, 0) is 11.3 Å². The van der Waals surface area contributed by atoms with Crippen molar-refractivity contribution in [1.82, 2.24) is 10.6 Å². The molecule has 4 heteroatoms. The summed E-state index contributed by atoms with van der Waals surface area (Å²) in [6.45, 7) is 6.72. The van der Waals surface area contributed by atoms with Crippen molar-refractivity contribution in [1.29, 1.82) is 0 Å². The highest BCUT2D eigenvalue weighted by Crippen LogP contribution is 2.23. The van der Waals surface area contributed by atoms with Gasteiger partial charge >= 0.3 is 0 Å². The molecular formula is C16H25N3O. The molecule has 0 aromatic heterocycles. The molecule has 110 valence electrons. The maximum absolute atomic E-state index is 5.77. The molecule has 1 atom stereocenters. The number of benzene rings is 1. The summed E-state index contributed by atoms with van der Waals surface area (Å²) in [6, 6.07) is 8.38. The van der Waals surface area contributed by atoms with Gasteiger partial charge < -0.3 is 15.4 Å². The van der Waals surface area contributed by atoms with Crippen molar-refractivity contribution < 1.29 is 4.74 Å². The van der Waals surface area contributed by atoms with Crippen LogP contribution >= 0.6 is 0 Å². The molecule has 0 amide bonds. The summed E-state index contributed by atoms with van der Waals surface area (Å²) in [7, 11) is 1.80. The number of aliphatic imine (C=N–C) groups is 1. The lowest BCUT2D eigenvalue weighted by molar-refractivity contribution is 0.0243. The average molecular weight is 275 g/mol. The van der Waals surface area contributed by atoms with Crippen molar-refractivity contribution in [2.24, 2.45) is 4.99 Å². The molecule has 1 aromatic carbocycles. The molecule has 1 fully saturated rings.